The lowest BCUT2D eigenvalue weighted by Crippen LogP contribution is -2.32. The van der Waals surface area contributed by atoms with Gasteiger partial charge < -0.3 is 10.0 Å². The Kier molecular flexibility index (Phi) is 5.62. The van der Waals surface area contributed by atoms with E-state index in [1.807, 2.05) is 0 Å². The molecule has 0 aromatic heterocycles. The number of benzene rings is 1. The second-order valence-electron chi connectivity index (χ2n) is 3.69. The molecule has 18 heavy (non-hydrogen) atoms. The Bertz CT molecular complexity index is 444. The molecular weight excluding hydrogens is 321 g/mol. The minimum absolute atomic E-state index is 0.0681. The minimum Gasteiger partial charge on any atom is -0.481 e. The topological polar surface area (TPSA) is 57.6 Å². The third-order valence-corrected chi connectivity index (χ3v) is 3.05. The first-order chi connectivity index (χ1) is 8.43. The SMILES string of the molecule is CCN(CCC(=O)O)C(=O)c1cc(Cl)cc(Br)c1. The molecule has 6 heteroatoms. The molecule has 0 spiro atoms. The monoisotopic (exact) mass is 333 g/mol. The number of carboxylic acids is 1. The first-order valence-corrected chi connectivity index (χ1v) is 6.58. The number of amides is 1. The second-order valence-corrected chi connectivity index (χ2v) is 5.04. The van der Waals surface area contributed by atoms with Gasteiger partial charge in [-0.15, -0.1) is 0 Å². The minimum atomic E-state index is -0.923. The Balaban J connectivity index is 2.85. The zero-order valence-corrected chi connectivity index (χ0v) is 12.2. The van der Waals surface area contributed by atoms with Gasteiger partial charge in [0.2, 0.25) is 0 Å². The van der Waals surface area contributed by atoms with Crippen LogP contribution in [0.25, 0.3) is 0 Å². The van der Waals surface area contributed by atoms with Gasteiger partial charge >= 0.3 is 5.97 Å². The van der Waals surface area contributed by atoms with Crippen LogP contribution in [0.1, 0.15) is 23.7 Å². The summed E-state index contributed by atoms with van der Waals surface area (Å²) >= 11 is 9.14. The highest BCUT2D eigenvalue weighted by Crippen LogP contribution is 2.20. The molecule has 0 saturated heterocycles. The van der Waals surface area contributed by atoms with Crippen molar-refractivity contribution in [1.29, 1.82) is 0 Å². The molecule has 0 aliphatic carbocycles. The lowest BCUT2D eigenvalue weighted by atomic mass is 10.2. The lowest BCUT2D eigenvalue weighted by molar-refractivity contribution is -0.137. The van der Waals surface area contributed by atoms with Crippen LogP contribution >= 0.6 is 27.5 Å². The zero-order chi connectivity index (χ0) is 13.7. The average molecular weight is 335 g/mol. The van der Waals surface area contributed by atoms with Crippen molar-refractivity contribution < 1.29 is 14.7 Å². The van der Waals surface area contributed by atoms with Crippen LogP contribution in [0.2, 0.25) is 5.02 Å². The van der Waals surface area contributed by atoms with Crippen molar-refractivity contribution in [2.45, 2.75) is 13.3 Å². The molecule has 4 nitrogen and oxygen atoms in total. The molecule has 0 unspecified atom stereocenters. The molecular formula is C12H13BrClNO3. The highest BCUT2D eigenvalue weighted by atomic mass is 79.9. The first kappa shape index (κ1) is 15.0. The average Bonchev–Trinajstić information content (AvgIpc) is 2.27. The third kappa shape index (κ3) is 4.31. The van der Waals surface area contributed by atoms with Gasteiger partial charge in [-0.25, -0.2) is 0 Å². The molecule has 1 aromatic rings. The van der Waals surface area contributed by atoms with E-state index >= 15 is 0 Å². The van der Waals surface area contributed by atoms with E-state index in [4.69, 9.17) is 16.7 Å². The van der Waals surface area contributed by atoms with Crippen LogP contribution in [-0.4, -0.2) is 35.0 Å². The summed E-state index contributed by atoms with van der Waals surface area (Å²) in [4.78, 5) is 24.1. The number of carbonyl (C=O) groups excluding carboxylic acids is 1. The number of halogens is 2. The van der Waals surface area contributed by atoms with Crippen molar-refractivity contribution in [1.82, 2.24) is 4.90 Å². The van der Waals surface area contributed by atoms with Gasteiger partial charge in [-0.05, 0) is 25.1 Å². The van der Waals surface area contributed by atoms with E-state index in [-0.39, 0.29) is 18.9 Å². The fourth-order valence-corrected chi connectivity index (χ4v) is 2.35. The molecule has 0 saturated carbocycles. The number of hydrogen-bond donors (Lipinski definition) is 1. The number of carboxylic acid groups (broad SMARTS) is 1. The lowest BCUT2D eigenvalue weighted by Gasteiger charge is -2.20. The molecule has 1 rings (SSSR count). The molecule has 0 radical (unpaired) electrons. The Morgan fingerprint density at radius 1 is 1.39 bits per heavy atom. The van der Waals surface area contributed by atoms with Crippen LogP contribution < -0.4 is 0 Å². The number of carbonyl (C=O) groups is 2. The summed E-state index contributed by atoms with van der Waals surface area (Å²) in [5.41, 5.74) is 0.446. The van der Waals surface area contributed by atoms with Crippen LogP contribution in [0.3, 0.4) is 0 Å². The van der Waals surface area contributed by atoms with E-state index in [2.05, 4.69) is 15.9 Å². The normalized spacial score (nSPS) is 10.2. The summed E-state index contributed by atoms with van der Waals surface area (Å²) in [7, 11) is 0. The third-order valence-electron chi connectivity index (χ3n) is 2.37. The molecule has 0 heterocycles. The van der Waals surface area contributed by atoms with E-state index < -0.39 is 5.97 Å². The van der Waals surface area contributed by atoms with Crippen LogP contribution in [-0.2, 0) is 4.79 Å². The number of hydrogen-bond acceptors (Lipinski definition) is 2. The Morgan fingerprint density at radius 2 is 2.06 bits per heavy atom. The fraction of sp³-hybridized carbons (Fsp3) is 0.333. The fourth-order valence-electron chi connectivity index (χ4n) is 1.49. The highest BCUT2D eigenvalue weighted by Gasteiger charge is 2.16. The Labute approximate surface area is 119 Å². The Hall–Kier alpha value is -1.07. The summed E-state index contributed by atoms with van der Waals surface area (Å²) in [5.74, 6) is -1.14. The van der Waals surface area contributed by atoms with Gasteiger partial charge in [0.05, 0.1) is 6.42 Å². The van der Waals surface area contributed by atoms with Crippen LogP contribution in [0.4, 0.5) is 0 Å². The molecule has 0 aliphatic heterocycles. The van der Waals surface area contributed by atoms with Crippen molar-refractivity contribution in [2.75, 3.05) is 13.1 Å². The number of aliphatic carboxylic acids is 1. The maximum Gasteiger partial charge on any atom is 0.305 e. The van der Waals surface area contributed by atoms with E-state index in [1.165, 1.54) is 4.90 Å². The zero-order valence-electron chi connectivity index (χ0n) is 9.82. The quantitative estimate of drug-likeness (QED) is 0.900. The molecule has 0 atom stereocenters. The van der Waals surface area contributed by atoms with Crippen molar-refractivity contribution in [3.63, 3.8) is 0 Å². The van der Waals surface area contributed by atoms with Crippen molar-refractivity contribution in [3.05, 3.63) is 33.3 Å². The predicted octanol–water partition coefficient (Wildman–Crippen LogP) is 3.04. The summed E-state index contributed by atoms with van der Waals surface area (Å²) < 4.78 is 0.715. The summed E-state index contributed by atoms with van der Waals surface area (Å²) in [6, 6.07) is 4.92. The summed E-state index contributed by atoms with van der Waals surface area (Å²) in [6.07, 6.45) is -0.0681. The van der Waals surface area contributed by atoms with Gasteiger partial charge in [-0.2, -0.15) is 0 Å². The smallest absolute Gasteiger partial charge is 0.305 e. The second kappa shape index (κ2) is 6.75. The molecule has 98 valence electrons. The summed E-state index contributed by atoms with van der Waals surface area (Å²) in [5, 5.41) is 9.09. The summed E-state index contributed by atoms with van der Waals surface area (Å²) in [6.45, 7) is 2.45. The number of rotatable bonds is 5. The van der Waals surface area contributed by atoms with Gasteiger partial charge in [-0.1, -0.05) is 27.5 Å². The number of nitrogens with zero attached hydrogens (tertiary/aromatic N) is 1. The van der Waals surface area contributed by atoms with Crippen LogP contribution in [0, 0.1) is 0 Å². The maximum absolute atomic E-state index is 12.1. The maximum atomic E-state index is 12.1. The van der Waals surface area contributed by atoms with Crippen molar-refractivity contribution in [2.24, 2.45) is 0 Å². The molecule has 1 aromatic carbocycles. The van der Waals surface area contributed by atoms with E-state index in [1.54, 1.807) is 25.1 Å². The van der Waals surface area contributed by atoms with Crippen molar-refractivity contribution in [3.8, 4) is 0 Å². The van der Waals surface area contributed by atoms with E-state index in [0.717, 1.165) is 0 Å². The predicted molar refractivity (Wildman–Crippen MR) is 73.0 cm³/mol. The largest absolute Gasteiger partial charge is 0.481 e. The van der Waals surface area contributed by atoms with Gasteiger partial charge in [-0.3, -0.25) is 9.59 Å². The van der Waals surface area contributed by atoms with E-state index in [9.17, 15) is 9.59 Å². The first-order valence-electron chi connectivity index (χ1n) is 5.41. The van der Waals surface area contributed by atoms with Gasteiger partial charge in [0, 0.05) is 28.1 Å². The van der Waals surface area contributed by atoms with Crippen LogP contribution in [0.5, 0.6) is 0 Å². The van der Waals surface area contributed by atoms with Gasteiger partial charge in [0.25, 0.3) is 5.91 Å². The molecule has 0 aliphatic rings. The molecule has 0 bridgehead atoms. The standard InChI is InChI=1S/C12H13BrClNO3/c1-2-15(4-3-11(16)17)12(18)8-5-9(13)7-10(14)6-8/h5-7H,2-4H2,1H3,(H,16,17). The molecule has 1 amide bonds. The van der Waals surface area contributed by atoms with Crippen molar-refractivity contribution >= 4 is 39.4 Å². The highest BCUT2D eigenvalue weighted by molar-refractivity contribution is 9.10. The Morgan fingerprint density at radius 3 is 2.56 bits per heavy atom. The molecule has 1 N–H and O–H groups in total. The molecule has 0 fully saturated rings. The van der Waals surface area contributed by atoms with E-state index in [0.29, 0.717) is 21.6 Å². The van der Waals surface area contributed by atoms with Gasteiger partial charge in [0.1, 0.15) is 0 Å². The van der Waals surface area contributed by atoms with Crippen LogP contribution in [0.15, 0.2) is 22.7 Å². The van der Waals surface area contributed by atoms with Gasteiger partial charge in [0.15, 0.2) is 0 Å².